The number of nitrogens with zero attached hydrogens (tertiary/aromatic N) is 2. The van der Waals surface area contributed by atoms with Gasteiger partial charge < -0.3 is 9.67 Å². The molecule has 1 aromatic carbocycles. The fourth-order valence-corrected chi connectivity index (χ4v) is 2.93. The van der Waals surface area contributed by atoms with Crippen LogP contribution in [0.3, 0.4) is 0 Å². The highest BCUT2D eigenvalue weighted by atomic mass is 16.4. The van der Waals surface area contributed by atoms with E-state index in [4.69, 9.17) is 10.1 Å². The van der Waals surface area contributed by atoms with Gasteiger partial charge in [-0.05, 0) is 37.0 Å². The van der Waals surface area contributed by atoms with Crippen molar-refractivity contribution in [2.24, 2.45) is 5.92 Å². The molecule has 0 saturated heterocycles. The van der Waals surface area contributed by atoms with Crippen molar-refractivity contribution in [3.05, 3.63) is 29.6 Å². The van der Waals surface area contributed by atoms with E-state index in [-0.39, 0.29) is 0 Å². The predicted molar refractivity (Wildman–Crippen MR) is 82.7 cm³/mol. The lowest BCUT2D eigenvalue weighted by Gasteiger charge is -2.16. The van der Waals surface area contributed by atoms with Crippen LogP contribution >= 0.6 is 0 Å². The molecule has 3 rings (SSSR count). The van der Waals surface area contributed by atoms with Crippen LogP contribution in [0.4, 0.5) is 0 Å². The largest absolute Gasteiger partial charge is 0.478 e. The van der Waals surface area contributed by atoms with E-state index in [2.05, 4.69) is 18.4 Å². The highest BCUT2D eigenvalue weighted by molar-refractivity contribution is 5.92. The molecule has 0 bridgehead atoms. The van der Waals surface area contributed by atoms with Crippen molar-refractivity contribution in [1.82, 2.24) is 9.55 Å². The predicted octanol–water partition coefficient (Wildman–Crippen LogP) is 4.05. The molecule has 0 atom stereocenters. The van der Waals surface area contributed by atoms with Crippen LogP contribution in [0.15, 0.2) is 18.2 Å². The van der Waals surface area contributed by atoms with E-state index in [1.54, 1.807) is 12.1 Å². The summed E-state index contributed by atoms with van der Waals surface area (Å²) >= 11 is 0. The Balaban J connectivity index is 2.07. The summed E-state index contributed by atoms with van der Waals surface area (Å²) in [6, 6.07) is 5.30. The molecular formula is C17H22N2O2. The van der Waals surface area contributed by atoms with E-state index in [9.17, 15) is 4.79 Å². The van der Waals surface area contributed by atoms with Gasteiger partial charge in [0, 0.05) is 12.5 Å². The van der Waals surface area contributed by atoms with Crippen LogP contribution in [-0.4, -0.2) is 20.6 Å². The molecule has 4 heteroatoms. The number of aromatic nitrogens is 2. The van der Waals surface area contributed by atoms with Crippen molar-refractivity contribution in [3.63, 3.8) is 0 Å². The summed E-state index contributed by atoms with van der Waals surface area (Å²) in [4.78, 5) is 15.9. The second kappa shape index (κ2) is 5.51. The second-order valence-electron chi connectivity index (χ2n) is 6.05. The van der Waals surface area contributed by atoms with Gasteiger partial charge in [0.1, 0.15) is 5.82 Å². The van der Waals surface area contributed by atoms with Crippen molar-refractivity contribution < 1.29 is 9.90 Å². The SMILES string of the molecule is CCC(CC)Cn1c(C2CC2)nc2cc(C(=O)O)ccc21. The first-order chi connectivity index (χ1) is 10.1. The summed E-state index contributed by atoms with van der Waals surface area (Å²) in [7, 11) is 0. The minimum absolute atomic E-state index is 0.317. The van der Waals surface area contributed by atoms with Gasteiger partial charge in [-0.3, -0.25) is 0 Å². The summed E-state index contributed by atoms with van der Waals surface area (Å²) in [6.07, 6.45) is 4.73. The summed E-state index contributed by atoms with van der Waals surface area (Å²) in [5.41, 5.74) is 2.22. The fourth-order valence-electron chi connectivity index (χ4n) is 2.93. The zero-order chi connectivity index (χ0) is 15.0. The number of carboxylic acid groups (broad SMARTS) is 1. The quantitative estimate of drug-likeness (QED) is 0.871. The molecule has 2 aromatic rings. The lowest BCUT2D eigenvalue weighted by Crippen LogP contribution is -2.11. The zero-order valence-corrected chi connectivity index (χ0v) is 12.7. The molecule has 1 aromatic heterocycles. The van der Waals surface area contributed by atoms with Gasteiger partial charge in [-0.2, -0.15) is 0 Å². The number of fused-ring (bicyclic) bond motifs is 1. The first-order valence-electron chi connectivity index (χ1n) is 7.87. The zero-order valence-electron chi connectivity index (χ0n) is 12.7. The number of rotatable bonds is 6. The summed E-state index contributed by atoms with van der Waals surface area (Å²) in [5, 5.41) is 9.13. The van der Waals surface area contributed by atoms with E-state index in [1.165, 1.54) is 12.8 Å². The van der Waals surface area contributed by atoms with Gasteiger partial charge in [0.15, 0.2) is 0 Å². The summed E-state index contributed by atoms with van der Waals surface area (Å²) in [5.74, 6) is 1.48. The number of hydrogen-bond donors (Lipinski definition) is 1. The van der Waals surface area contributed by atoms with E-state index < -0.39 is 5.97 Å². The topological polar surface area (TPSA) is 55.1 Å². The van der Waals surface area contributed by atoms with Crippen molar-refractivity contribution in [3.8, 4) is 0 Å². The van der Waals surface area contributed by atoms with E-state index in [1.807, 2.05) is 6.07 Å². The molecule has 0 amide bonds. The molecule has 1 heterocycles. The third kappa shape index (κ3) is 2.67. The molecule has 1 aliphatic rings. The van der Waals surface area contributed by atoms with Gasteiger partial charge in [0.05, 0.1) is 16.6 Å². The maximum Gasteiger partial charge on any atom is 0.335 e. The normalized spacial score (nSPS) is 15.0. The maximum atomic E-state index is 11.1. The van der Waals surface area contributed by atoms with E-state index in [0.29, 0.717) is 17.4 Å². The number of hydrogen-bond acceptors (Lipinski definition) is 2. The number of carbonyl (C=O) groups is 1. The van der Waals surface area contributed by atoms with Crippen molar-refractivity contribution >= 4 is 17.0 Å². The molecule has 112 valence electrons. The van der Waals surface area contributed by atoms with Crippen LogP contribution < -0.4 is 0 Å². The molecule has 1 N–H and O–H groups in total. The molecule has 4 nitrogen and oxygen atoms in total. The third-order valence-corrected chi connectivity index (χ3v) is 4.56. The monoisotopic (exact) mass is 286 g/mol. The Morgan fingerprint density at radius 1 is 1.38 bits per heavy atom. The molecule has 21 heavy (non-hydrogen) atoms. The number of carboxylic acids is 1. The van der Waals surface area contributed by atoms with E-state index >= 15 is 0 Å². The van der Waals surface area contributed by atoms with Crippen LogP contribution in [0.25, 0.3) is 11.0 Å². The van der Waals surface area contributed by atoms with Gasteiger partial charge in [-0.1, -0.05) is 26.7 Å². The van der Waals surface area contributed by atoms with Crippen LogP contribution in [0.5, 0.6) is 0 Å². The molecule has 1 saturated carbocycles. The van der Waals surface area contributed by atoms with E-state index in [0.717, 1.165) is 36.2 Å². The highest BCUT2D eigenvalue weighted by Gasteiger charge is 2.30. The molecule has 0 unspecified atom stereocenters. The van der Waals surface area contributed by atoms with Gasteiger partial charge >= 0.3 is 5.97 Å². The minimum atomic E-state index is -0.889. The van der Waals surface area contributed by atoms with Crippen molar-refractivity contribution in [2.45, 2.75) is 52.0 Å². The molecule has 1 aliphatic carbocycles. The highest BCUT2D eigenvalue weighted by Crippen LogP contribution is 2.41. The van der Waals surface area contributed by atoms with Crippen LogP contribution in [0, 0.1) is 5.92 Å². The van der Waals surface area contributed by atoms with Crippen molar-refractivity contribution in [2.75, 3.05) is 0 Å². The number of imidazole rings is 1. The Labute approximate surface area is 124 Å². The molecule has 0 radical (unpaired) electrons. The lowest BCUT2D eigenvalue weighted by atomic mass is 10.0. The molecule has 1 fully saturated rings. The van der Waals surface area contributed by atoms with Gasteiger partial charge in [-0.15, -0.1) is 0 Å². The Kier molecular flexibility index (Phi) is 3.70. The Hall–Kier alpha value is -1.84. The summed E-state index contributed by atoms with van der Waals surface area (Å²) in [6.45, 7) is 5.45. The Morgan fingerprint density at radius 3 is 2.67 bits per heavy atom. The van der Waals surface area contributed by atoms with Crippen LogP contribution in [-0.2, 0) is 6.54 Å². The van der Waals surface area contributed by atoms with Gasteiger partial charge in [0.2, 0.25) is 0 Å². The third-order valence-electron chi connectivity index (χ3n) is 4.56. The van der Waals surface area contributed by atoms with Gasteiger partial charge in [-0.25, -0.2) is 9.78 Å². The van der Waals surface area contributed by atoms with Crippen molar-refractivity contribution in [1.29, 1.82) is 0 Å². The average molecular weight is 286 g/mol. The molecule has 0 aliphatic heterocycles. The first-order valence-corrected chi connectivity index (χ1v) is 7.87. The smallest absolute Gasteiger partial charge is 0.335 e. The number of benzene rings is 1. The fraction of sp³-hybridized carbons (Fsp3) is 0.529. The second-order valence-corrected chi connectivity index (χ2v) is 6.05. The number of aromatic carboxylic acids is 1. The van der Waals surface area contributed by atoms with Crippen LogP contribution in [0.1, 0.15) is 61.6 Å². The van der Waals surface area contributed by atoms with Crippen LogP contribution in [0.2, 0.25) is 0 Å². The summed E-state index contributed by atoms with van der Waals surface area (Å²) < 4.78 is 2.33. The van der Waals surface area contributed by atoms with Gasteiger partial charge in [0.25, 0.3) is 0 Å². The first kappa shape index (κ1) is 14.1. The Morgan fingerprint density at radius 2 is 2.10 bits per heavy atom. The standard InChI is InChI=1S/C17H22N2O2/c1-3-11(4-2)10-19-15-8-7-13(17(20)21)9-14(15)18-16(19)12-5-6-12/h7-9,11-12H,3-6,10H2,1-2H3,(H,20,21). The average Bonchev–Trinajstić information content (AvgIpc) is 3.26. The molecule has 0 spiro atoms. The maximum absolute atomic E-state index is 11.1. The minimum Gasteiger partial charge on any atom is -0.478 e. The molecular weight excluding hydrogens is 264 g/mol. The Bertz CT molecular complexity index is 667. The lowest BCUT2D eigenvalue weighted by molar-refractivity contribution is 0.0697.